The van der Waals surface area contributed by atoms with Gasteiger partial charge < -0.3 is 24.7 Å². The quantitative estimate of drug-likeness (QED) is 0.0138. The summed E-state index contributed by atoms with van der Waals surface area (Å²) in [7, 11) is -10.3. The van der Waals surface area contributed by atoms with Crippen LogP contribution in [0.2, 0.25) is 0 Å². The van der Waals surface area contributed by atoms with Crippen LogP contribution in [0, 0.1) is 12.0 Å². The fourth-order valence-electron chi connectivity index (χ4n) is 4.51. The molecule has 2 aromatic carbocycles. The van der Waals surface area contributed by atoms with Crippen LogP contribution in [-0.2, 0) is 60.2 Å². The number of hydrogen-bond donors (Lipinski definition) is 2. The Hall–Kier alpha value is 1.92. The third-order valence-electron chi connectivity index (χ3n) is 6.63. The second-order valence-corrected chi connectivity index (χ2v) is 14.1. The van der Waals surface area contributed by atoms with E-state index < -0.39 is 52.9 Å². The molecule has 0 spiro atoms. The van der Waals surface area contributed by atoms with Crippen molar-refractivity contribution in [3.8, 4) is 17.7 Å². The molecule has 58 heavy (non-hydrogen) atoms. The predicted molar refractivity (Wildman–Crippen MR) is 177 cm³/mol. The van der Waals surface area contributed by atoms with Crippen molar-refractivity contribution in [2.75, 3.05) is 11.6 Å². The number of nitrogens with zero attached hydrogens (tertiary/aromatic N) is 3. The molecule has 1 aliphatic heterocycles. The second-order valence-electron chi connectivity index (χ2n) is 9.87. The molecule has 0 atom stereocenters. The van der Waals surface area contributed by atoms with Gasteiger partial charge in [-0.15, -0.1) is 0 Å². The topological polar surface area (TPSA) is 307 Å². The first kappa shape index (κ1) is 59.9. The first-order valence-electron chi connectivity index (χ1n) is 14.4. The number of anilines is 1. The molecular formula is C29H22K4N4O17S4. The molecule has 4 rings (SSSR count). The number of hydrogen-bond acceptors (Lipinski definition) is 20. The Morgan fingerprint density at radius 3 is 1.97 bits per heavy atom. The zero-order valence-corrected chi connectivity index (χ0v) is 46.7. The van der Waals surface area contributed by atoms with Crippen molar-refractivity contribution in [2.45, 2.75) is 39.5 Å². The molecule has 288 valence electrons. The summed E-state index contributed by atoms with van der Waals surface area (Å²) in [4.78, 5) is 35.5. The number of allylic oxidation sites excluding steroid dienone is 4. The van der Waals surface area contributed by atoms with E-state index in [9.17, 15) is 46.0 Å². The monoisotopic (exact) mass is 982 g/mol. The van der Waals surface area contributed by atoms with Crippen LogP contribution in [0.1, 0.15) is 24.6 Å². The number of nitrogens with one attached hydrogen (secondary N) is 1. The van der Waals surface area contributed by atoms with Crippen LogP contribution in [0.3, 0.4) is 0 Å². The molecule has 3 aromatic rings. The summed E-state index contributed by atoms with van der Waals surface area (Å²) in [6.07, 6.45) is 7.84. The van der Waals surface area contributed by atoms with E-state index in [-0.39, 0.29) is 258 Å². The molecule has 0 saturated carbocycles. The maximum Gasteiger partial charge on any atom is 1.00 e. The molecule has 21 nitrogen and oxygen atoms in total. The van der Waals surface area contributed by atoms with Gasteiger partial charge in [-0.1, -0.05) is 24.1 Å². The van der Waals surface area contributed by atoms with E-state index in [0.29, 0.717) is 29.1 Å². The van der Waals surface area contributed by atoms with E-state index in [4.69, 9.17) is 14.9 Å². The zero-order chi connectivity index (χ0) is 39.5. The number of benzene rings is 2. The van der Waals surface area contributed by atoms with E-state index in [1.807, 2.05) is 0 Å². The van der Waals surface area contributed by atoms with Crippen LogP contribution in [0.4, 0.5) is 5.69 Å². The van der Waals surface area contributed by atoms with Crippen LogP contribution in [0.25, 0.3) is 11.8 Å². The van der Waals surface area contributed by atoms with Crippen LogP contribution in [0.15, 0.2) is 95.8 Å². The number of aliphatic hydroxyl groups is 1. The fraction of sp³-hybridized carbons (Fsp3) is 0.138. The van der Waals surface area contributed by atoms with Gasteiger partial charge in [-0.3, -0.25) is 24.8 Å². The Bertz CT molecular complexity index is 2360. The third kappa shape index (κ3) is 17.0. The number of hydrazone groups is 1. The van der Waals surface area contributed by atoms with Gasteiger partial charge in [-0.2, -0.15) is 18.8 Å². The van der Waals surface area contributed by atoms with Crippen molar-refractivity contribution in [1.29, 1.82) is 0 Å². The smallest absolute Gasteiger partial charge is 0.744 e. The Morgan fingerprint density at radius 2 is 1.43 bits per heavy atom. The van der Waals surface area contributed by atoms with Gasteiger partial charge in [0.05, 0.1) is 80.8 Å². The van der Waals surface area contributed by atoms with Crippen LogP contribution >= 0.6 is 24.1 Å². The first-order chi connectivity index (χ1) is 25.7. The molecule has 2 heterocycles. The third-order valence-corrected chi connectivity index (χ3v) is 9.54. The van der Waals surface area contributed by atoms with Crippen molar-refractivity contribution >= 4 is 67.7 Å². The van der Waals surface area contributed by atoms with E-state index in [0.717, 1.165) is 41.1 Å². The molecule has 1 aromatic heterocycles. The minimum atomic E-state index is -5.16. The first-order valence-corrected chi connectivity index (χ1v) is 18.7. The maximum atomic E-state index is 13.6. The van der Waals surface area contributed by atoms with E-state index in [1.54, 1.807) is 13.0 Å². The Balaban J connectivity index is 0.00000812. The molecule has 0 radical (unpaired) electrons. The van der Waals surface area contributed by atoms with E-state index in [1.165, 1.54) is 30.4 Å². The summed E-state index contributed by atoms with van der Waals surface area (Å²) in [6, 6.07) is 6.11. The summed E-state index contributed by atoms with van der Waals surface area (Å²) in [5, 5.41) is 43.5. The predicted octanol–water partition coefficient (Wildman–Crippen LogP) is -11.5. The van der Waals surface area contributed by atoms with Crippen molar-refractivity contribution in [3.63, 3.8) is 0 Å². The molecule has 0 saturated heterocycles. The molecule has 1 amide bonds. The van der Waals surface area contributed by atoms with E-state index in [2.05, 4.69) is 34.9 Å². The van der Waals surface area contributed by atoms with Gasteiger partial charge in [0.15, 0.2) is 0 Å². The average molecular weight is 983 g/mol. The normalized spacial score (nSPS) is 13.4. The largest absolute Gasteiger partial charge is 1.00 e. The Morgan fingerprint density at radius 1 is 0.862 bits per heavy atom. The number of amides is 1. The van der Waals surface area contributed by atoms with Crippen molar-refractivity contribution in [2.24, 2.45) is 5.10 Å². The molecule has 0 unspecified atom stereocenters. The number of aromatic nitrogens is 2. The minimum Gasteiger partial charge on any atom is -0.744 e. The summed E-state index contributed by atoms with van der Waals surface area (Å²) >= 11 is 0.720. The van der Waals surface area contributed by atoms with Crippen LogP contribution < -0.4 is 227 Å². The maximum absolute atomic E-state index is 13.6. The molecular weight excluding hydrogens is 961 g/mol. The number of aliphatic hydroxyl groups excluding tert-OH is 1. The minimum absolute atomic E-state index is 0. The molecule has 0 aliphatic carbocycles. The Labute approximate surface area is 508 Å². The average Bonchev–Trinajstić information content (AvgIpc) is 3.61. The molecule has 29 heteroatoms. The van der Waals surface area contributed by atoms with Crippen molar-refractivity contribution in [1.82, 2.24) is 9.78 Å². The SMILES string of the molecule is CCOOCc1[nH]n(-c2cc(SOO[O-])ccc2S(=O)(=O)[O-])c(=O)c1C=CC=C/C=C1\C(=O)N(c2cc(SOO[O-])ccc2S(=O)(=O)[O-])N=C1CC#CO.[K+].[K+].[K+].[K+]. The van der Waals surface area contributed by atoms with Gasteiger partial charge in [0.2, 0.25) is 0 Å². The van der Waals surface area contributed by atoms with Gasteiger partial charge in [0.1, 0.15) is 32.9 Å². The number of H-pyrrole nitrogens is 1. The fourth-order valence-corrected chi connectivity index (χ4v) is 6.56. The Kier molecular flexibility index (Phi) is 30.4. The molecule has 1 aliphatic rings. The summed E-state index contributed by atoms with van der Waals surface area (Å²) in [5.41, 5.74) is -2.05. The molecule has 2 N–H and O–H groups in total. The van der Waals surface area contributed by atoms with Gasteiger partial charge in [-0.05, 0) is 55.5 Å². The van der Waals surface area contributed by atoms with Crippen molar-refractivity contribution in [3.05, 3.63) is 87.9 Å². The van der Waals surface area contributed by atoms with Gasteiger partial charge in [0.25, 0.3) is 11.5 Å². The molecule has 0 fully saturated rings. The zero-order valence-electron chi connectivity index (χ0n) is 30.9. The van der Waals surface area contributed by atoms with E-state index >= 15 is 0 Å². The number of carbonyl (C=O) groups excluding carboxylic acids is 1. The second kappa shape index (κ2) is 29.5. The van der Waals surface area contributed by atoms with Gasteiger partial charge >= 0.3 is 206 Å². The van der Waals surface area contributed by atoms with Gasteiger partial charge in [-0.25, -0.2) is 31.3 Å². The van der Waals surface area contributed by atoms with Gasteiger partial charge in [0, 0.05) is 9.79 Å². The summed E-state index contributed by atoms with van der Waals surface area (Å²) in [6.45, 7) is 1.39. The number of aromatic amines is 1. The van der Waals surface area contributed by atoms with Crippen LogP contribution in [-0.4, -0.2) is 59.1 Å². The van der Waals surface area contributed by atoms with Crippen LogP contribution in [0.5, 0.6) is 0 Å². The summed E-state index contributed by atoms with van der Waals surface area (Å²) < 4.78 is 81.4. The number of carbonyl (C=O) groups is 1. The standard InChI is InChI=1S/C29H26N4O17S4.4K/c1-2-45-46-17-23-21(29(36)33(31-23)25-16-19(52-50-48-38)11-13-27(25)54(42,43)44)8-5-3-4-7-20-22(9-6-14-34)30-32(28(20)35)24-15-18(51-49-47-37)10-12-26(24)53(39,40)41;;;;/h3-5,7-8,10-13,15-16,31,34,37-38H,2,9,17H2,1H3,(H,39,40,41)(H,42,43,44);;;;/q;4*+1/p-4/b4-3?,8-5?,20-7-;;;;. The number of rotatable bonds is 18. The van der Waals surface area contributed by atoms with Crippen molar-refractivity contribution < 1.29 is 280 Å². The summed E-state index contributed by atoms with van der Waals surface area (Å²) in [5.74, 6) is 1.39. The molecule has 0 bridgehead atoms.